The fraction of sp³-hybridized carbons (Fsp3) is 0.280. The zero-order valence-corrected chi connectivity index (χ0v) is 17.4. The topological polar surface area (TPSA) is 104 Å². The van der Waals surface area contributed by atoms with E-state index in [1.165, 1.54) is 18.2 Å². The lowest BCUT2D eigenvalue weighted by Gasteiger charge is -2.21. The molecule has 162 valence electrons. The van der Waals surface area contributed by atoms with Crippen LogP contribution in [0.15, 0.2) is 60.7 Å². The maximum Gasteiger partial charge on any atom is 0.342 e. The molecule has 1 heterocycles. The molecule has 31 heavy (non-hydrogen) atoms. The Morgan fingerprint density at radius 1 is 0.968 bits per heavy atom. The van der Waals surface area contributed by atoms with Gasteiger partial charge in [0, 0.05) is 11.5 Å². The first-order chi connectivity index (χ1) is 14.8. The number of ketones is 1. The van der Waals surface area contributed by atoms with Crippen molar-refractivity contribution in [2.24, 2.45) is 5.92 Å². The molecular formula is C25H26O6. The van der Waals surface area contributed by atoms with Crippen LogP contribution in [-0.4, -0.2) is 45.4 Å². The Morgan fingerprint density at radius 2 is 1.68 bits per heavy atom. The van der Waals surface area contributed by atoms with Gasteiger partial charge in [-0.25, -0.2) is 4.79 Å². The van der Waals surface area contributed by atoms with Crippen molar-refractivity contribution in [1.82, 2.24) is 0 Å². The van der Waals surface area contributed by atoms with Crippen molar-refractivity contribution in [3.8, 4) is 16.9 Å². The number of cyclic esters (lactones) is 1. The van der Waals surface area contributed by atoms with Gasteiger partial charge in [-0.1, -0.05) is 61.5 Å². The molecule has 0 saturated carbocycles. The van der Waals surface area contributed by atoms with Gasteiger partial charge in [0.2, 0.25) is 0 Å². The molecule has 0 saturated heterocycles. The standard InChI is InChI=1S/C25H26O6/c1-15-11-13-22(28)24(29)21(27)10-6-9-19-18(17-7-4-3-5-8-17)12-14-20(26)23(19)25(30)31-16(15)2/h3-9,11-16,21,24,26-27,29H,10H2,1-2H3/b9-6+,13-11-/t15-,16-,21-,24-/m0/s1. The van der Waals surface area contributed by atoms with Crippen molar-refractivity contribution in [2.75, 3.05) is 0 Å². The highest BCUT2D eigenvalue weighted by molar-refractivity contribution is 6.00. The summed E-state index contributed by atoms with van der Waals surface area (Å²) in [4.78, 5) is 25.2. The van der Waals surface area contributed by atoms with Crippen LogP contribution in [0.2, 0.25) is 0 Å². The number of phenolic OH excluding ortho intramolecular Hbond substituents is 1. The minimum atomic E-state index is -1.56. The van der Waals surface area contributed by atoms with Crippen LogP contribution in [0.1, 0.15) is 36.2 Å². The van der Waals surface area contributed by atoms with Crippen molar-refractivity contribution < 1.29 is 29.6 Å². The SMILES string of the molecule is C[C@@H]1OC(=O)c2c(O)ccc(-c3ccccc3)c2/C=C/C[C@H](O)[C@H](O)C(=O)/C=C\[C@@H]1C. The molecule has 0 unspecified atom stereocenters. The van der Waals surface area contributed by atoms with E-state index in [4.69, 9.17) is 4.74 Å². The van der Waals surface area contributed by atoms with Crippen molar-refractivity contribution in [2.45, 2.75) is 38.6 Å². The molecule has 4 atom stereocenters. The molecule has 3 rings (SSSR count). The average Bonchev–Trinajstić information content (AvgIpc) is 2.76. The van der Waals surface area contributed by atoms with Crippen LogP contribution in [-0.2, 0) is 9.53 Å². The Kier molecular flexibility index (Phi) is 7.05. The number of fused-ring (bicyclic) bond motifs is 1. The van der Waals surface area contributed by atoms with E-state index in [0.717, 1.165) is 5.56 Å². The summed E-state index contributed by atoms with van der Waals surface area (Å²) in [6.07, 6.45) is 2.37. The highest BCUT2D eigenvalue weighted by atomic mass is 16.5. The Labute approximate surface area is 181 Å². The third-order valence-corrected chi connectivity index (χ3v) is 5.43. The third-order valence-electron chi connectivity index (χ3n) is 5.43. The van der Waals surface area contributed by atoms with Gasteiger partial charge >= 0.3 is 5.97 Å². The number of hydrogen-bond acceptors (Lipinski definition) is 6. The van der Waals surface area contributed by atoms with Gasteiger partial charge in [-0.3, -0.25) is 4.79 Å². The van der Waals surface area contributed by atoms with Gasteiger partial charge in [0.05, 0.1) is 6.10 Å². The highest BCUT2D eigenvalue weighted by Crippen LogP contribution is 2.34. The predicted molar refractivity (Wildman–Crippen MR) is 117 cm³/mol. The number of ether oxygens (including phenoxy) is 1. The zero-order chi connectivity index (χ0) is 22.5. The van der Waals surface area contributed by atoms with E-state index in [9.17, 15) is 24.9 Å². The summed E-state index contributed by atoms with van der Waals surface area (Å²) >= 11 is 0. The van der Waals surface area contributed by atoms with Crippen LogP contribution in [0, 0.1) is 5.92 Å². The van der Waals surface area contributed by atoms with Gasteiger partial charge in [-0.15, -0.1) is 0 Å². The smallest absolute Gasteiger partial charge is 0.342 e. The summed E-state index contributed by atoms with van der Waals surface area (Å²) < 4.78 is 5.58. The van der Waals surface area contributed by atoms with Crippen LogP contribution in [0.3, 0.4) is 0 Å². The van der Waals surface area contributed by atoms with Crippen molar-refractivity contribution in [3.63, 3.8) is 0 Å². The fourth-order valence-electron chi connectivity index (χ4n) is 3.35. The molecule has 0 fully saturated rings. The minimum absolute atomic E-state index is 0.0174. The molecule has 0 aromatic heterocycles. The molecule has 6 heteroatoms. The molecular weight excluding hydrogens is 396 g/mol. The van der Waals surface area contributed by atoms with Crippen molar-refractivity contribution in [3.05, 3.63) is 71.8 Å². The number of carbonyl (C=O) groups excluding carboxylic acids is 2. The predicted octanol–water partition coefficient (Wildman–Crippen LogP) is 3.50. The maximum absolute atomic E-state index is 13.0. The molecule has 1 aliphatic heterocycles. The number of aliphatic hydroxyl groups excluding tert-OH is 2. The summed E-state index contributed by atoms with van der Waals surface area (Å²) in [5.41, 5.74) is 1.97. The lowest BCUT2D eigenvalue weighted by molar-refractivity contribution is -0.127. The number of phenols is 1. The van der Waals surface area contributed by atoms with E-state index >= 15 is 0 Å². The van der Waals surface area contributed by atoms with E-state index in [-0.39, 0.29) is 23.7 Å². The lowest BCUT2D eigenvalue weighted by atomic mass is 9.93. The van der Waals surface area contributed by atoms with Crippen LogP contribution in [0.5, 0.6) is 5.75 Å². The van der Waals surface area contributed by atoms with E-state index in [1.807, 2.05) is 30.3 Å². The van der Waals surface area contributed by atoms with E-state index in [2.05, 4.69) is 0 Å². The van der Waals surface area contributed by atoms with Crippen LogP contribution < -0.4 is 0 Å². The monoisotopic (exact) mass is 422 g/mol. The quantitative estimate of drug-likeness (QED) is 0.608. The Bertz CT molecular complexity index is 1010. The second kappa shape index (κ2) is 9.73. The molecule has 2 aromatic rings. The van der Waals surface area contributed by atoms with E-state index in [0.29, 0.717) is 11.1 Å². The second-order valence-corrected chi connectivity index (χ2v) is 7.67. The summed E-state index contributed by atoms with van der Waals surface area (Å²) in [6.45, 7) is 3.44. The summed E-state index contributed by atoms with van der Waals surface area (Å²) in [5.74, 6) is -1.86. The second-order valence-electron chi connectivity index (χ2n) is 7.67. The number of esters is 1. The molecule has 0 amide bonds. The van der Waals surface area contributed by atoms with Gasteiger partial charge in [-0.05, 0) is 36.6 Å². The number of rotatable bonds is 1. The summed E-state index contributed by atoms with van der Waals surface area (Å²) in [5, 5.41) is 30.8. The molecule has 0 radical (unpaired) electrons. The molecule has 0 spiro atoms. The molecule has 0 aliphatic carbocycles. The van der Waals surface area contributed by atoms with Gasteiger partial charge < -0.3 is 20.1 Å². The van der Waals surface area contributed by atoms with E-state index < -0.39 is 30.1 Å². The summed E-state index contributed by atoms with van der Waals surface area (Å²) in [6, 6.07) is 12.5. The molecule has 2 aromatic carbocycles. The van der Waals surface area contributed by atoms with Gasteiger partial charge in [-0.2, -0.15) is 0 Å². The molecule has 0 bridgehead atoms. The number of hydrogen-bond donors (Lipinski definition) is 3. The van der Waals surface area contributed by atoms with Gasteiger partial charge in [0.1, 0.15) is 23.5 Å². The van der Waals surface area contributed by atoms with Crippen LogP contribution >= 0.6 is 0 Å². The maximum atomic E-state index is 13.0. The number of carbonyl (C=O) groups is 2. The van der Waals surface area contributed by atoms with Gasteiger partial charge in [0.15, 0.2) is 5.78 Å². The fourth-order valence-corrected chi connectivity index (χ4v) is 3.35. The van der Waals surface area contributed by atoms with Crippen LogP contribution in [0.4, 0.5) is 0 Å². The number of benzene rings is 2. The Morgan fingerprint density at radius 3 is 2.39 bits per heavy atom. The molecule has 1 aliphatic rings. The van der Waals surface area contributed by atoms with Gasteiger partial charge in [0.25, 0.3) is 0 Å². The van der Waals surface area contributed by atoms with E-state index in [1.54, 1.807) is 32.1 Å². The number of aliphatic hydroxyl groups is 2. The largest absolute Gasteiger partial charge is 0.507 e. The van der Waals surface area contributed by atoms with Crippen LogP contribution in [0.25, 0.3) is 17.2 Å². The highest BCUT2D eigenvalue weighted by Gasteiger charge is 2.26. The minimum Gasteiger partial charge on any atom is -0.507 e. The van der Waals surface area contributed by atoms with Crippen molar-refractivity contribution >= 4 is 17.8 Å². The first kappa shape index (κ1) is 22.5. The third kappa shape index (κ3) is 5.10. The normalized spacial score (nSPS) is 27.0. The average molecular weight is 422 g/mol. The van der Waals surface area contributed by atoms with Crippen molar-refractivity contribution in [1.29, 1.82) is 0 Å². The molecule has 6 nitrogen and oxygen atoms in total. The summed E-state index contributed by atoms with van der Waals surface area (Å²) in [7, 11) is 0. The first-order valence-corrected chi connectivity index (χ1v) is 10.2. The Balaban J connectivity index is 2.14. The Hall–Kier alpha value is -3.22. The lowest BCUT2D eigenvalue weighted by Crippen LogP contribution is -2.32. The first-order valence-electron chi connectivity index (χ1n) is 10.2. The molecule has 3 N–H and O–H groups in total. The zero-order valence-electron chi connectivity index (χ0n) is 17.4. The number of aromatic hydroxyl groups is 1.